The Bertz CT molecular complexity index is 779. The molecule has 3 N–H and O–H groups in total. The molecule has 1 fully saturated rings. The van der Waals surface area contributed by atoms with E-state index in [1.165, 1.54) is 16.8 Å². The Hall–Kier alpha value is -2.55. The van der Waals surface area contributed by atoms with Crippen LogP contribution in [0.5, 0.6) is 5.75 Å². The Morgan fingerprint density at radius 2 is 2.04 bits per heavy atom. The van der Waals surface area contributed by atoms with Gasteiger partial charge in [-0.2, -0.15) is 8.78 Å². The van der Waals surface area contributed by atoms with Crippen molar-refractivity contribution in [2.24, 2.45) is 11.7 Å². The van der Waals surface area contributed by atoms with E-state index in [1.54, 1.807) is 19.1 Å². The van der Waals surface area contributed by atoms with Crippen LogP contribution in [0.3, 0.4) is 0 Å². The number of carbonyl (C=O) groups excluding carboxylic acids is 1. The minimum atomic E-state index is -2.88. The zero-order valence-electron chi connectivity index (χ0n) is 15.1. The van der Waals surface area contributed by atoms with E-state index in [-0.39, 0.29) is 29.3 Å². The number of alkyl halides is 2. The van der Waals surface area contributed by atoms with Gasteiger partial charge in [0.25, 0.3) is 5.91 Å². The highest BCUT2D eigenvalue weighted by atomic mass is 19.3. The molecule has 0 bridgehead atoms. The van der Waals surface area contributed by atoms with Crippen LogP contribution in [0, 0.1) is 12.8 Å². The first-order chi connectivity index (χ1) is 13.0. The molecule has 0 radical (unpaired) electrons. The predicted molar refractivity (Wildman–Crippen MR) is 95.0 cm³/mol. The summed E-state index contributed by atoms with van der Waals surface area (Å²) in [6, 6.07) is 6.03. The SMILES string of the molecule is Cc1c(C(=O)NC2CCCCC2CN)nnn1-c1ccc(OC(F)F)cc1. The highest BCUT2D eigenvalue weighted by Gasteiger charge is 2.27. The molecule has 1 aromatic heterocycles. The first kappa shape index (κ1) is 19.2. The third-order valence-corrected chi connectivity index (χ3v) is 4.94. The fraction of sp³-hybridized carbons (Fsp3) is 0.500. The molecule has 1 aromatic carbocycles. The van der Waals surface area contributed by atoms with Gasteiger partial charge in [-0.1, -0.05) is 18.1 Å². The summed E-state index contributed by atoms with van der Waals surface area (Å²) in [5, 5.41) is 11.1. The summed E-state index contributed by atoms with van der Waals surface area (Å²) in [4.78, 5) is 12.6. The van der Waals surface area contributed by atoms with E-state index < -0.39 is 6.61 Å². The van der Waals surface area contributed by atoms with Crippen molar-refractivity contribution in [3.63, 3.8) is 0 Å². The van der Waals surface area contributed by atoms with E-state index in [0.717, 1.165) is 25.7 Å². The second-order valence-corrected chi connectivity index (χ2v) is 6.67. The third-order valence-electron chi connectivity index (χ3n) is 4.94. The number of aromatic nitrogens is 3. The Balaban J connectivity index is 1.73. The van der Waals surface area contributed by atoms with E-state index in [2.05, 4.69) is 20.4 Å². The lowest BCUT2D eigenvalue weighted by Crippen LogP contribution is -2.45. The smallest absolute Gasteiger partial charge is 0.387 e. The molecule has 27 heavy (non-hydrogen) atoms. The van der Waals surface area contributed by atoms with Gasteiger partial charge in [-0.15, -0.1) is 5.10 Å². The van der Waals surface area contributed by atoms with Crippen LogP contribution in [-0.2, 0) is 0 Å². The lowest BCUT2D eigenvalue weighted by molar-refractivity contribution is -0.0498. The molecule has 7 nitrogen and oxygen atoms in total. The summed E-state index contributed by atoms with van der Waals surface area (Å²) in [6.07, 6.45) is 4.13. The van der Waals surface area contributed by atoms with Crippen LogP contribution >= 0.6 is 0 Å². The molecule has 1 amide bonds. The molecule has 1 heterocycles. The predicted octanol–water partition coefficient (Wildman–Crippen LogP) is 2.42. The molecule has 2 atom stereocenters. The number of benzene rings is 1. The molecule has 1 aliphatic rings. The normalized spacial score (nSPS) is 19.9. The Morgan fingerprint density at radius 1 is 1.33 bits per heavy atom. The van der Waals surface area contributed by atoms with Gasteiger partial charge < -0.3 is 15.8 Å². The number of hydrogen-bond acceptors (Lipinski definition) is 5. The van der Waals surface area contributed by atoms with Gasteiger partial charge in [0, 0.05) is 6.04 Å². The largest absolute Gasteiger partial charge is 0.435 e. The number of ether oxygens (including phenoxy) is 1. The van der Waals surface area contributed by atoms with Crippen LogP contribution in [-0.4, -0.2) is 40.1 Å². The van der Waals surface area contributed by atoms with Gasteiger partial charge in [0.15, 0.2) is 5.69 Å². The van der Waals surface area contributed by atoms with Gasteiger partial charge in [-0.05, 0) is 56.5 Å². The number of nitrogens with two attached hydrogens (primary N) is 1. The molecule has 2 aromatic rings. The van der Waals surface area contributed by atoms with Gasteiger partial charge in [0.05, 0.1) is 11.4 Å². The average Bonchev–Trinajstić information content (AvgIpc) is 3.04. The highest BCUT2D eigenvalue weighted by molar-refractivity contribution is 5.93. The van der Waals surface area contributed by atoms with Crippen LogP contribution in [0.25, 0.3) is 5.69 Å². The van der Waals surface area contributed by atoms with Crippen LogP contribution in [0.4, 0.5) is 8.78 Å². The molecule has 146 valence electrons. The van der Waals surface area contributed by atoms with E-state index in [9.17, 15) is 13.6 Å². The number of nitrogens with zero attached hydrogens (tertiary/aromatic N) is 3. The molecule has 0 aliphatic heterocycles. The van der Waals surface area contributed by atoms with E-state index in [1.807, 2.05) is 0 Å². The number of amides is 1. The second kappa shape index (κ2) is 8.43. The van der Waals surface area contributed by atoms with Crippen molar-refractivity contribution in [1.29, 1.82) is 0 Å². The Kier molecular flexibility index (Phi) is 6.00. The summed E-state index contributed by atoms with van der Waals surface area (Å²) < 4.78 is 30.3. The van der Waals surface area contributed by atoms with Crippen molar-refractivity contribution in [2.75, 3.05) is 6.54 Å². The summed E-state index contributed by atoms with van der Waals surface area (Å²) in [5.74, 6) is 0.0526. The Morgan fingerprint density at radius 3 is 2.70 bits per heavy atom. The maximum atomic E-state index is 12.6. The summed E-state index contributed by atoms with van der Waals surface area (Å²) >= 11 is 0. The summed E-state index contributed by atoms with van der Waals surface area (Å²) in [6.45, 7) is -0.597. The number of hydrogen-bond donors (Lipinski definition) is 2. The molecule has 9 heteroatoms. The molecule has 3 rings (SSSR count). The second-order valence-electron chi connectivity index (χ2n) is 6.67. The van der Waals surface area contributed by atoms with Crippen LogP contribution in [0.15, 0.2) is 24.3 Å². The number of carbonyl (C=O) groups is 1. The van der Waals surface area contributed by atoms with Gasteiger partial charge in [-0.25, -0.2) is 4.68 Å². The van der Waals surface area contributed by atoms with Crippen molar-refractivity contribution in [2.45, 2.75) is 45.3 Å². The molecule has 2 unspecified atom stereocenters. The number of rotatable bonds is 6. The molecule has 1 saturated carbocycles. The number of nitrogens with one attached hydrogen (secondary N) is 1. The minimum absolute atomic E-state index is 0.0478. The zero-order chi connectivity index (χ0) is 19.4. The third kappa shape index (κ3) is 4.41. The van der Waals surface area contributed by atoms with E-state index in [0.29, 0.717) is 17.9 Å². The maximum Gasteiger partial charge on any atom is 0.387 e. The van der Waals surface area contributed by atoms with Gasteiger partial charge in [0.2, 0.25) is 0 Å². The first-order valence-electron chi connectivity index (χ1n) is 8.98. The van der Waals surface area contributed by atoms with Crippen molar-refractivity contribution in [3.8, 4) is 11.4 Å². The number of halogens is 2. The Labute approximate surface area is 155 Å². The van der Waals surface area contributed by atoms with Crippen LogP contribution in [0.1, 0.15) is 41.9 Å². The van der Waals surface area contributed by atoms with Crippen molar-refractivity contribution in [3.05, 3.63) is 35.7 Å². The van der Waals surface area contributed by atoms with E-state index >= 15 is 0 Å². The van der Waals surface area contributed by atoms with Crippen molar-refractivity contribution in [1.82, 2.24) is 20.3 Å². The lowest BCUT2D eigenvalue weighted by atomic mass is 9.84. The van der Waals surface area contributed by atoms with Gasteiger partial charge in [-0.3, -0.25) is 4.79 Å². The van der Waals surface area contributed by atoms with Crippen molar-refractivity contribution < 1.29 is 18.3 Å². The van der Waals surface area contributed by atoms with Gasteiger partial charge in [0.1, 0.15) is 5.75 Å². The fourth-order valence-corrected chi connectivity index (χ4v) is 3.47. The standard InChI is InChI=1S/C18H23F2N5O2/c1-11-16(17(26)22-15-5-3-2-4-12(15)10-21)23-24-25(11)13-6-8-14(9-7-13)27-18(19)20/h6-9,12,15,18H,2-5,10,21H2,1H3,(H,22,26). The molecular formula is C18H23F2N5O2. The molecular weight excluding hydrogens is 356 g/mol. The zero-order valence-corrected chi connectivity index (χ0v) is 15.1. The van der Waals surface area contributed by atoms with Gasteiger partial charge >= 0.3 is 6.61 Å². The van der Waals surface area contributed by atoms with Crippen LogP contribution < -0.4 is 15.8 Å². The quantitative estimate of drug-likeness (QED) is 0.804. The fourth-order valence-electron chi connectivity index (χ4n) is 3.47. The maximum absolute atomic E-state index is 12.6. The topological polar surface area (TPSA) is 95.1 Å². The molecule has 1 aliphatic carbocycles. The highest BCUT2D eigenvalue weighted by Crippen LogP contribution is 2.24. The van der Waals surface area contributed by atoms with Crippen LogP contribution in [0.2, 0.25) is 0 Å². The first-order valence-corrected chi connectivity index (χ1v) is 8.98. The monoisotopic (exact) mass is 379 g/mol. The minimum Gasteiger partial charge on any atom is -0.435 e. The molecule has 0 saturated heterocycles. The molecule has 0 spiro atoms. The van der Waals surface area contributed by atoms with Crippen molar-refractivity contribution >= 4 is 5.91 Å². The van der Waals surface area contributed by atoms with E-state index in [4.69, 9.17) is 5.73 Å². The lowest BCUT2D eigenvalue weighted by Gasteiger charge is -2.31. The average molecular weight is 379 g/mol. The summed E-state index contributed by atoms with van der Waals surface area (Å²) in [7, 11) is 0. The summed E-state index contributed by atoms with van der Waals surface area (Å²) in [5.41, 5.74) is 7.22.